The van der Waals surface area contributed by atoms with Gasteiger partial charge in [-0.05, 0) is 0 Å². The summed E-state index contributed by atoms with van der Waals surface area (Å²) in [5.74, 6) is 0. The van der Waals surface area contributed by atoms with Gasteiger partial charge in [-0.1, -0.05) is 0 Å². The molecule has 0 aliphatic heterocycles. The number of hydrogen-bond acceptors (Lipinski definition) is 0. The minimum Gasteiger partial charge on any atom is 0 e. The van der Waals surface area contributed by atoms with Crippen molar-refractivity contribution in [1.82, 2.24) is 0 Å². The van der Waals surface area contributed by atoms with Crippen LogP contribution in [0.25, 0.3) is 0 Å². The summed E-state index contributed by atoms with van der Waals surface area (Å²) in [6.07, 6.45) is 0. The molecule has 0 heterocycles. The van der Waals surface area contributed by atoms with Crippen LogP contribution < -0.4 is 0 Å². The van der Waals surface area contributed by atoms with Gasteiger partial charge in [-0.3, -0.25) is 0 Å². The first-order valence-corrected chi connectivity index (χ1v) is 0. The van der Waals surface area contributed by atoms with Crippen molar-refractivity contribution in [2.24, 2.45) is 0 Å². The van der Waals surface area contributed by atoms with E-state index in [1.165, 1.54) is 0 Å². The summed E-state index contributed by atoms with van der Waals surface area (Å²) >= 11 is 0. The summed E-state index contributed by atoms with van der Waals surface area (Å²) in [5, 5.41) is 0. The molecule has 0 aliphatic rings. The Bertz CT molecular complexity index is 0. The van der Waals surface area contributed by atoms with Crippen LogP contribution in [0, 0.1) is 0 Å². The zero-order valence-corrected chi connectivity index (χ0v) is 114. The van der Waals surface area contributed by atoms with Crippen LogP contribution in [0.2, 0.25) is 0 Å². The molecule has 0 saturated heterocycles. The maximum atomic E-state index is 0. The second kappa shape index (κ2) is 588. The normalized spacial score (nSPS) is 0. The van der Waals surface area contributed by atoms with E-state index in [1.54, 1.807) is 0 Å². The first kappa shape index (κ1) is 605. The molecule has 0 saturated carbocycles. The van der Waals surface area contributed by atoms with E-state index in [0.29, 0.717) is 0 Å². The maximum absolute atomic E-state index is 0. The Morgan fingerprint density at radius 3 is 0.0156 bits per heavy atom. The molecule has 0 rings (SSSR count). The van der Waals surface area contributed by atoms with E-state index in [1.807, 2.05) is 0 Å². The van der Waals surface area contributed by atoms with Gasteiger partial charge in [-0.2, -0.15) is 0 Å². The average molecular weight is 6900 g/mol. The topological polar surface area (TPSA) is 0 Å². The van der Waals surface area contributed by atoms with Crippen LogP contribution in [0.1, 0.15) is 0 Å². The predicted octanol–water partition coefficient (Wildman–Crippen LogP) is -0.160. The Kier molecular flexibility index (Phi) is 5560. The molecule has 64 heavy (non-hydrogen) atoms. The van der Waals surface area contributed by atoms with Crippen LogP contribution in [0.4, 0.5) is 0 Å². The molecule has 0 unspecified atom stereocenters. The minimum absolute atomic E-state index is 0. The Labute approximate surface area is 1390 Å². The molecule has 704 valence electrons. The summed E-state index contributed by atoms with van der Waals surface area (Å²) in [6, 6.07) is 0. The van der Waals surface area contributed by atoms with E-state index in [4.69, 9.17) is 0 Å². The molecular formula is Ag64. The summed E-state index contributed by atoms with van der Waals surface area (Å²) < 4.78 is 0. The molecule has 0 bridgehead atoms. The molecule has 0 amide bonds. The van der Waals surface area contributed by atoms with Crippen LogP contribution in [-0.4, -0.2) is 0 Å². The molecule has 64 radical (unpaired) electrons. The van der Waals surface area contributed by atoms with Gasteiger partial charge in [0.25, 0.3) is 0 Å². The SMILES string of the molecule is [Ag].[Ag].[Ag].[Ag].[Ag].[Ag].[Ag].[Ag].[Ag].[Ag].[Ag].[Ag].[Ag].[Ag].[Ag].[Ag].[Ag].[Ag].[Ag].[Ag].[Ag].[Ag].[Ag].[Ag].[Ag].[Ag].[Ag].[Ag].[Ag].[Ag].[Ag].[Ag].[Ag].[Ag].[Ag].[Ag].[Ag].[Ag].[Ag].[Ag].[Ag].[Ag].[Ag].[Ag].[Ag].[Ag].[Ag].[Ag].[Ag].[Ag].[Ag].[Ag].[Ag].[Ag].[Ag].[Ag].[Ag].[Ag].[Ag].[Ag].[Ag].[Ag].[Ag].[Ag]. The van der Waals surface area contributed by atoms with Gasteiger partial charge in [0.1, 0.15) is 0 Å². The van der Waals surface area contributed by atoms with E-state index < -0.39 is 0 Å². The third-order valence-electron chi connectivity index (χ3n) is 0. The van der Waals surface area contributed by atoms with Gasteiger partial charge in [0.15, 0.2) is 0 Å². The van der Waals surface area contributed by atoms with Gasteiger partial charge >= 0.3 is 0 Å². The first-order chi connectivity index (χ1) is 0. The number of hydrogen-bond donors (Lipinski definition) is 0. The van der Waals surface area contributed by atoms with Crippen LogP contribution in [0.15, 0.2) is 0 Å². The van der Waals surface area contributed by atoms with Crippen molar-refractivity contribution in [2.75, 3.05) is 0 Å². The first-order valence-electron chi connectivity index (χ1n) is 0. The second-order valence-corrected chi connectivity index (χ2v) is 0. The van der Waals surface area contributed by atoms with Crippen LogP contribution in [0.5, 0.6) is 0 Å². The van der Waals surface area contributed by atoms with Crippen LogP contribution in [-0.2, 0) is 1430 Å². The fourth-order valence-corrected chi connectivity index (χ4v) is 0. The Balaban J connectivity index is 0. The van der Waals surface area contributed by atoms with Crippen molar-refractivity contribution in [2.45, 2.75) is 0 Å². The van der Waals surface area contributed by atoms with Gasteiger partial charge < -0.3 is 0 Å². The van der Waals surface area contributed by atoms with E-state index in [2.05, 4.69) is 0 Å². The van der Waals surface area contributed by atoms with Crippen molar-refractivity contribution in [3.8, 4) is 0 Å². The summed E-state index contributed by atoms with van der Waals surface area (Å²) in [6.45, 7) is 0. The van der Waals surface area contributed by atoms with Crippen molar-refractivity contribution < 1.29 is 1430 Å². The Morgan fingerprint density at radius 2 is 0.0156 bits per heavy atom. The van der Waals surface area contributed by atoms with Crippen molar-refractivity contribution in [1.29, 1.82) is 0 Å². The van der Waals surface area contributed by atoms with Gasteiger partial charge in [0, 0.05) is 1430 Å². The quantitative estimate of drug-likeness (QED) is 0.297. The molecule has 0 atom stereocenters. The zero-order valence-electron chi connectivity index (χ0n) is 19.3. The smallest absolute Gasteiger partial charge is 0 e. The largest absolute Gasteiger partial charge is 0 e. The third kappa shape index (κ3) is 572. The van der Waals surface area contributed by atoms with E-state index >= 15 is 0 Å². The van der Waals surface area contributed by atoms with Crippen molar-refractivity contribution >= 4 is 0 Å². The summed E-state index contributed by atoms with van der Waals surface area (Å²) in [7, 11) is 0. The monoisotopic (exact) mass is 6840 g/mol. The van der Waals surface area contributed by atoms with Crippen molar-refractivity contribution in [3.05, 3.63) is 0 Å². The zero-order chi connectivity index (χ0) is 0. The maximum Gasteiger partial charge on any atom is 0 e. The fraction of sp³-hybridized carbons (Fsp3) is 0. The van der Waals surface area contributed by atoms with Gasteiger partial charge in [-0.25, -0.2) is 0 Å². The summed E-state index contributed by atoms with van der Waals surface area (Å²) in [5.41, 5.74) is 0. The molecule has 64 heteroatoms. The molecule has 0 nitrogen and oxygen atoms in total. The summed E-state index contributed by atoms with van der Waals surface area (Å²) in [4.78, 5) is 0. The minimum atomic E-state index is 0. The molecule has 0 N–H and O–H groups in total. The molecular weight excluding hydrogens is 6900 g/mol. The molecule has 0 spiro atoms. The van der Waals surface area contributed by atoms with E-state index in [9.17, 15) is 0 Å². The molecule has 0 aromatic rings. The molecule has 0 aromatic carbocycles. The predicted molar refractivity (Wildman–Crippen MR) is 0 cm³/mol. The fourth-order valence-electron chi connectivity index (χ4n) is 0. The third-order valence-corrected chi connectivity index (χ3v) is 0. The molecule has 0 fully saturated rings. The standard InChI is InChI=1S/64Ag. The van der Waals surface area contributed by atoms with Crippen LogP contribution in [0.3, 0.4) is 0 Å². The van der Waals surface area contributed by atoms with Gasteiger partial charge in [0.05, 0.1) is 0 Å². The molecule has 0 aromatic heterocycles. The van der Waals surface area contributed by atoms with Gasteiger partial charge in [-0.15, -0.1) is 0 Å². The van der Waals surface area contributed by atoms with Crippen LogP contribution >= 0.6 is 0 Å². The molecule has 0 aliphatic carbocycles. The average Bonchev–Trinajstić information content (AvgIpc) is 0. The number of rotatable bonds is 0. The Hall–Kier alpha value is 47.4. The Morgan fingerprint density at radius 1 is 0.0156 bits per heavy atom. The van der Waals surface area contributed by atoms with Crippen molar-refractivity contribution in [3.63, 3.8) is 0 Å². The second-order valence-electron chi connectivity index (χ2n) is 0. The van der Waals surface area contributed by atoms with Gasteiger partial charge in [0.2, 0.25) is 0 Å². The van der Waals surface area contributed by atoms with E-state index in [0.717, 1.165) is 0 Å². The van der Waals surface area contributed by atoms with E-state index in [-0.39, 0.29) is 1430 Å².